The summed E-state index contributed by atoms with van der Waals surface area (Å²) >= 11 is 0. The van der Waals surface area contributed by atoms with Crippen LogP contribution in [0.15, 0.2) is 213 Å². The molecule has 4 nitrogen and oxygen atoms in total. The molecule has 3 heterocycles. The summed E-state index contributed by atoms with van der Waals surface area (Å²) < 4.78 is 7.11. The monoisotopic (exact) mass is 1170 g/mol. The van der Waals surface area contributed by atoms with Crippen molar-refractivity contribution in [3.05, 3.63) is 292 Å². The Labute approximate surface area is 464 Å². The van der Waals surface area contributed by atoms with Crippen molar-refractivity contribution in [2.75, 3.05) is 4.90 Å². The van der Waals surface area contributed by atoms with Crippen molar-refractivity contribution in [1.29, 1.82) is 0 Å². The molecule has 0 bridgehead atoms. The van der Waals surface area contributed by atoms with Crippen LogP contribution in [-0.4, -0.2) is 9.97 Å². The van der Waals surface area contributed by atoms with E-state index in [0.717, 1.165) is 67.4 Å². The molecule has 0 radical (unpaired) electrons. The molecule has 0 amide bonds. The van der Waals surface area contributed by atoms with Crippen LogP contribution in [0, 0.1) is 32.9 Å². The van der Waals surface area contributed by atoms with Gasteiger partial charge in [0.1, 0.15) is 0 Å². The van der Waals surface area contributed by atoms with Crippen molar-refractivity contribution in [2.24, 2.45) is 0 Å². The van der Waals surface area contributed by atoms with E-state index in [2.05, 4.69) is 267 Å². The number of rotatable bonds is 10. The first-order chi connectivity index (χ1) is 36.2. The van der Waals surface area contributed by atoms with Crippen LogP contribution in [0.1, 0.15) is 114 Å². The Morgan fingerprint density at radius 3 is 1.66 bits per heavy atom. The molecule has 10 aromatic rings. The Kier molecular flexibility index (Phi) is 14.2. The first-order valence-electron chi connectivity index (χ1n) is 26.2. The Morgan fingerprint density at radius 2 is 1.08 bits per heavy atom. The van der Waals surface area contributed by atoms with Crippen LogP contribution >= 0.6 is 0 Å². The predicted octanol–water partition coefficient (Wildman–Crippen LogP) is 18.1. The van der Waals surface area contributed by atoms with Gasteiger partial charge in [-0.2, -0.15) is 12.1 Å². The molecule has 0 saturated carbocycles. The van der Waals surface area contributed by atoms with E-state index in [1.54, 1.807) is 0 Å². The second kappa shape index (κ2) is 20.8. The number of para-hydroxylation sites is 3. The maximum absolute atomic E-state index is 7.11. The van der Waals surface area contributed by atoms with Crippen LogP contribution in [0.4, 0.5) is 17.1 Å². The zero-order chi connectivity index (χ0) is 52.1. The Hall–Kier alpha value is -7.65. The van der Waals surface area contributed by atoms with Crippen molar-refractivity contribution in [3.63, 3.8) is 0 Å². The number of hydrogen-bond acceptors (Lipinski definition) is 4. The summed E-state index contributed by atoms with van der Waals surface area (Å²) in [6, 6.07) is 79.6. The van der Waals surface area contributed by atoms with Gasteiger partial charge >= 0.3 is 21.1 Å². The number of benzene rings is 8. The number of pyridine rings is 2. The van der Waals surface area contributed by atoms with Crippen LogP contribution < -0.4 is 9.64 Å². The van der Waals surface area contributed by atoms with Gasteiger partial charge in [-0.3, -0.25) is 4.98 Å². The van der Waals surface area contributed by atoms with Gasteiger partial charge < -0.3 is 14.6 Å². The fraction of sp³-hybridized carbons (Fsp3) is 0.183. The number of anilines is 3. The predicted molar refractivity (Wildman–Crippen MR) is 309 cm³/mol. The summed E-state index contributed by atoms with van der Waals surface area (Å²) in [6.07, 6.45) is 3.83. The van der Waals surface area contributed by atoms with Gasteiger partial charge in [-0.1, -0.05) is 192 Å². The molecular formula is C71H63N3OPt. The zero-order valence-corrected chi connectivity index (χ0v) is 47.1. The summed E-state index contributed by atoms with van der Waals surface area (Å²) in [5, 5.41) is 0. The van der Waals surface area contributed by atoms with E-state index in [9.17, 15) is 0 Å². The summed E-state index contributed by atoms with van der Waals surface area (Å²) in [7, 11) is 0. The molecule has 0 atom stereocenters. The molecule has 0 fully saturated rings. The Morgan fingerprint density at radius 1 is 0.500 bits per heavy atom. The summed E-state index contributed by atoms with van der Waals surface area (Å²) in [4.78, 5) is 12.6. The van der Waals surface area contributed by atoms with E-state index in [-0.39, 0.29) is 37.8 Å². The van der Waals surface area contributed by atoms with Crippen LogP contribution in [0.3, 0.4) is 0 Å². The molecule has 0 aliphatic carbocycles. The quantitative estimate of drug-likeness (QED) is 0.128. The summed E-state index contributed by atoms with van der Waals surface area (Å²) in [6.45, 7) is 20.2. The molecular weight excluding hydrogens is 1110 g/mol. The molecule has 76 heavy (non-hydrogen) atoms. The second-order valence-electron chi connectivity index (χ2n) is 22.3. The van der Waals surface area contributed by atoms with E-state index >= 15 is 0 Å². The third-order valence-corrected chi connectivity index (χ3v) is 15.0. The van der Waals surface area contributed by atoms with Crippen molar-refractivity contribution >= 4 is 17.1 Å². The van der Waals surface area contributed by atoms with E-state index in [0.29, 0.717) is 11.5 Å². The molecule has 0 N–H and O–H groups in total. The maximum Gasteiger partial charge on any atom is 2.00 e. The first kappa shape index (κ1) is 51.8. The molecule has 1 aliphatic rings. The van der Waals surface area contributed by atoms with Crippen LogP contribution in [0.25, 0.3) is 22.4 Å². The average molecular weight is 1170 g/mol. The minimum atomic E-state index is -0.854. The smallest absolute Gasteiger partial charge is 0.503 e. The van der Waals surface area contributed by atoms with Crippen LogP contribution in [0.5, 0.6) is 11.5 Å². The number of aromatic nitrogens is 2. The van der Waals surface area contributed by atoms with Crippen LogP contribution in [0.2, 0.25) is 0 Å². The van der Waals surface area contributed by atoms with Gasteiger partial charge in [0.2, 0.25) is 0 Å². The molecule has 8 aromatic carbocycles. The molecule has 11 rings (SSSR count). The minimum Gasteiger partial charge on any atom is -0.503 e. The summed E-state index contributed by atoms with van der Waals surface area (Å²) in [5.41, 5.74) is 20.1. The first-order valence-corrected chi connectivity index (χ1v) is 26.2. The average Bonchev–Trinajstić information content (AvgIpc) is 3.41. The standard InChI is InChI=1S/C71H63N3O.Pt/c1-47-40-48(2)67(49(3)41-47)54-42-53(63-45-52(37-39-72-63)68(50-29-33-55(34-30-50)69(4,5)6)51-31-35-56(36-32-51)70(7,8)9)43-60(44-54)75-59-23-19-20-57(46-59)71(66-28-17-18-38-73-66)61-24-13-15-26-64(61)74(58-21-11-10-12-22-58)65-27-16-14-25-62(65)71;/h10-42,44-45,68H,1-9H3;/q-2;+2. The third kappa shape index (κ3) is 9.76. The second-order valence-corrected chi connectivity index (χ2v) is 22.3. The summed E-state index contributed by atoms with van der Waals surface area (Å²) in [5.74, 6) is 1.11. The van der Waals surface area contributed by atoms with Crippen molar-refractivity contribution in [1.82, 2.24) is 9.97 Å². The normalized spacial score (nSPS) is 12.9. The van der Waals surface area contributed by atoms with Crippen molar-refractivity contribution < 1.29 is 25.8 Å². The molecule has 378 valence electrons. The van der Waals surface area contributed by atoms with E-state index in [1.807, 2.05) is 24.5 Å². The van der Waals surface area contributed by atoms with Gasteiger partial charge in [-0.25, -0.2) is 0 Å². The Balaban J connectivity index is 0.00000657. The number of nitrogens with zero attached hydrogens (tertiary/aromatic N) is 3. The number of ether oxygens (including phenoxy) is 1. The molecule has 1 aliphatic heterocycles. The molecule has 0 unspecified atom stereocenters. The van der Waals surface area contributed by atoms with Gasteiger partial charge in [-0.05, 0) is 135 Å². The number of fused-ring (bicyclic) bond motifs is 2. The van der Waals surface area contributed by atoms with Gasteiger partial charge in [0, 0.05) is 35.5 Å². The zero-order valence-electron chi connectivity index (χ0n) is 44.9. The molecule has 0 saturated heterocycles. The van der Waals surface area contributed by atoms with E-state index in [1.165, 1.54) is 38.9 Å². The molecule has 2 aromatic heterocycles. The van der Waals surface area contributed by atoms with Gasteiger partial charge in [0.25, 0.3) is 0 Å². The van der Waals surface area contributed by atoms with Crippen LogP contribution in [-0.2, 0) is 37.3 Å². The van der Waals surface area contributed by atoms with Gasteiger partial charge in [0.05, 0.1) is 22.5 Å². The molecule has 5 heteroatoms. The third-order valence-electron chi connectivity index (χ3n) is 15.0. The SMILES string of the molecule is Cc1cc(C)c(-c2cc(Oc3[c-]c(C4(c5ccccn5)c5ccccc5N(c5ccccc5)c5ccccc54)ccc3)[c-]c(-c3cc(C(c4ccc(C(C)(C)C)cc4)c4ccc(C(C)(C)C)cc4)ccn3)c2)c(C)c1.[Pt+2]. The fourth-order valence-corrected chi connectivity index (χ4v) is 11.5. The maximum atomic E-state index is 7.11. The van der Waals surface area contributed by atoms with Crippen molar-refractivity contribution in [3.8, 4) is 33.9 Å². The minimum absolute atomic E-state index is 0. The fourth-order valence-electron chi connectivity index (χ4n) is 11.5. The largest absolute Gasteiger partial charge is 2.00 e. The Bertz CT molecular complexity index is 3560. The topological polar surface area (TPSA) is 38.2 Å². The van der Waals surface area contributed by atoms with Crippen molar-refractivity contribution in [2.45, 2.75) is 84.5 Å². The van der Waals surface area contributed by atoms with Gasteiger partial charge in [-0.15, -0.1) is 29.3 Å². The molecule has 0 spiro atoms. The number of hydrogen-bond donors (Lipinski definition) is 0. The van der Waals surface area contributed by atoms with E-state index < -0.39 is 5.41 Å². The number of aryl methyl sites for hydroxylation is 3. The van der Waals surface area contributed by atoms with E-state index in [4.69, 9.17) is 14.7 Å². The van der Waals surface area contributed by atoms with Gasteiger partial charge in [0.15, 0.2) is 0 Å².